The number of benzene rings is 1. The zero-order chi connectivity index (χ0) is 13.0. The largest absolute Gasteiger partial charge is 0.443 e. The Morgan fingerprint density at radius 2 is 2.37 bits per heavy atom. The second-order valence-corrected chi connectivity index (χ2v) is 5.52. The van der Waals surface area contributed by atoms with Gasteiger partial charge in [-0.3, -0.25) is 4.90 Å². The Labute approximate surface area is 112 Å². The zero-order valence-electron chi connectivity index (χ0n) is 10.1. The van der Waals surface area contributed by atoms with Gasteiger partial charge in [-0.25, -0.2) is 14.8 Å². The van der Waals surface area contributed by atoms with Gasteiger partial charge in [0.2, 0.25) is 0 Å². The highest BCUT2D eigenvalue weighted by molar-refractivity contribution is 7.22. The summed E-state index contributed by atoms with van der Waals surface area (Å²) < 4.78 is 6.27. The Morgan fingerprint density at radius 1 is 1.47 bits per heavy atom. The predicted molar refractivity (Wildman–Crippen MR) is 72.5 cm³/mol. The van der Waals surface area contributed by atoms with Crippen LogP contribution in [0.25, 0.3) is 21.3 Å². The number of fused-ring (bicyclic) bond motifs is 3. The lowest BCUT2D eigenvalue weighted by Gasteiger charge is -2.15. The minimum atomic E-state index is -0.0945. The SMILES string of the molecule is CC1CNC(=O)N1c1nc2c(ccc3ocnc32)s1. The highest BCUT2D eigenvalue weighted by Crippen LogP contribution is 2.34. The molecule has 1 fully saturated rings. The number of carbonyl (C=O) groups excluding carboxylic acids is 1. The average Bonchev–Trinajstić information content (AvgIpc) is 3.06. The maximum Gasteiger partial charge on any atom is 0.324 e. The molecule has 7 heteroatoms. The van der Waals surface area contributed by atoms with Crippen LogP contribution in [0, 0.1) is 0 Å². The van der Waals surface area contributed by atoms with Crippen LogP contribution in [0.4, 0.5) is 9.93 Å². The minimum Gasteiger partial charge on any atom is -0.443 e. The van der Waals surface area contributed by atoms with Gasteiger partial charge >= 0.3 is 6.03 Å². The lowest BCUT2D eigenvalue weighted by atomic mass is 10.3. The van der Waals surface area contributed by atoms with Crippen molar-refractivity contribution < 1.29 is 9.21 Å². The third-order valence-electron chi connectivity index (χ3n) is 3.26. The Balaban J connectivity index is 1.94. The maximum absolute atomic E-state index is 11.8. The Morgan fingerprint density at radius 3 is 3.16 bits per heavy atom. The van der Waals surface area contributed by atoms with E-state index in [1.165, 1.54) is 17.7 Å². The molecule has 1 aliphatic rings. The Hall–Kier alpha value is -2.15. The number of hydrogen-bond acceptors (Lipinski definition) is 5. The minimum absolute atomic E-state index is 0.0945. The topological polar surface area (TPSA) is 71.3 Å². The van der Waals surface area contributed by atoms with Gasteiger partial charge in [0.25, 0.3) is 0 Å². The van der Waals surface area contributed by atoms with Gasteiger partial charge in [0, 0.05) is 6.54 Å². The van der Waals surface area contributed by atoms with Crippen molar-refractivity contribution in [2.24, 2.45) is 0 Å². The number of carbonyl (C=O) groups is 1. The molecular weight excluding hydrogens is 264 g/mol. The molecule has 1 saturated heterocycles. The molecule has 0 spiro atoms. The Kier molecular flexibility index (Phi) is 2.08. The molecule has 1 aliphatic heterocycles. The molecule has 0 radical (unpaired) electrons. The third kappa shape index (κ3) is 1.45. The summed E-state index contributed by atoms with van der Waals surface area (Å²) in [5.74, 6) is 0. The van der Waals surface area contributed by atoms with Crippen LogP contribution in [0.3, 0.4) is 0 Å². The van der Waals surface area contributed by atoms with Crippen LogP contribution in [0.2, 0.25) is 0 Å². The van der Waals surface area contributed by atoms with Crippen molar-refractivity contribution >= 4 is 43.8 Å². The molecule has 3 heterocycles. The molecule has 0 bridgehead atoms. The van der Waals surface area contributed by atoms with Gasteiger partial charge in [-0.15, -0.1) is 0 Å². The predicted octanol–water partition coefficient (Wildman–Crippen LogP) is 2.36. The molecule has 2 amide bonds. The van der Waals surface area contributed by atoms with Crippen LogP contribution in [-0.2, 0) is 0 Å². The van der Waals surface area contributed by atoms with Gasteiger partial charge in [0.15, 0.2) is 17.1 Å². The first-order valence-corrected chi connectivity index (χ1v) is 6.75. The second-order valence-electron chi connectivity index (χ2n) is 4.51. The van der Waals surface area contributed by atoms with Crippen LogP contribution >= 0.6 is 11.3 Å². The monoisotopic (exact) mass is 274 g/mol. The van der Waals surface area contributed by atoms with Crippen molar-refractivity contribution in [3.8, 4) is 0 Å². The van der Waals surface area contributed by atoms with Gasteiger partial charge in [-0.2, -0.15) is 0 Å². The maximum atomic E-state index is 11.8. The standard InChI is InChI=1S/C12H10N4O2S/c1-6-4-13-11(17)16(6)12-15-10-8(19-12)3-2-7-9(10)14-5-18-7/h2-3,5-6H,4H2,1H3,(H,13,17). The van der Waals surface area contributed by atoms with Crippen molar-refractivity contribution in [2.45, 2.75) is 13.0 Å². The summed E-state index contributed by atoms with van der Waals surface area (Å²) >= 11 is 1.49. The summed E-state index contributed by atoms with van der Waals surface area (Å²) in [6.45, 7) is 2.64. The number of nitrogens with one attached hydrogen (secondary N) is 1. The molecule has 0 aliphatic carbocycles. The second kappa shape index (κ2) is 3.67. The molecule has 3 aromatic rings. The van der Waals surface area contributed by atoms with Gasteiger partial charge in [0.05, 0.1) is 10.7 Å². The molecule has 0 saturated carbocycles. The number of nitrogens with zero attached hydrogens (tertiary/aromatic N) is 3. The van der Waals surface area contributed by atoms with Crippen LogP contribution in [-0.4, -0.2) is 28.6 Å². The fourth-order valence-corrected chi connectivity index (χ4v) is 3.37. The van der Waals surface area contributed by atoms with Gasteiger partial charge in [-0.1, -0.05) is 11.3 Å². The van der Waals surface area contributed by atoms with Crippen molar-refractivity contribution in [1.29, 1.82) is 0 Å². The lowest BCUT2D eigenvalue weighted by molar-refractivity contribution is 0.252. The summed E-state index contributed by atoms with van der Waals surface area (Å²) in [5, 5.41) is 3.52. The molecule has 1 unspecified atom stereocenters. The van der Waals surface area contributed by atoms with Crippen molar-refractivity contribution in [3.05, 3.63) is 18.5 Å². The number of urea groups is 1. The van der Waals surface area contributed by atoms with E-state index in [0.717, 1.165) is 15.7 Å². The number of oxazole rings is 1. The third-order valence-corrected chi connectivity index (χ3v) is 4.28. The van der Waals surface area contributed by atoms with E-state index >= 15 is 0 Å². The van der Waals surface area contributed by atoms with E-state index in [1.54, 1.807) is 4.90 Å². The van der Waals surface area contributed by atoms with E-state index in [0.29, 0.717) is 17.3 Å². The average molecular weight is 274 g/mol. The first kappa shape index (κ1) is 10.7. The number of rotatable bonds is 1. The summed E-state index contributed by atoms with van der Waals surface area (Å²) in [6.07, 6.45) is 1.41. The van der Waals surface area contributed by atoms with E-state index in [-0.39, 0.29) is 12.1 Å². The lowest BCUT2D eigenvalue weighted by Crippen LogP contribution is -2.32. The quantitative estimate of drug-likeness (QED) is 0.739. The molecule has 1 aromatic carbocycles. The fraction of sp³-hybridized carbons (Fsp3) is 0.250. The first-order valence-electron chi connectivity index (χ1n) is 5.94. The molecule has 4 rings (SSSR count). The molecule has 6 nitrogen and oxygen atoms in total. The van der Waals surface area contributed by atoms with E-state index in [1.807, 2.05) is 19.1 Å². The number of anilines is 1. The van der Waals surface area contributed by atoms with Crippen LogP contribution in [0.1, 0.15) is 6.92 Å². The van der Waals surface area contributed by atoms with E-state index in [2.05, 4.69) is 15.3 Å². The highest BCUT2D eigenvalue weighted by atomic mass is 32.1. The van der Waals surface area contributed by atoms with E-state index in [9.17, 15) is 4.79 Å². The highest BCUT2D eigenvalue weighted by Gasteiger charge is 2.31. The van der Waals surface area contributed by atoms with Gasteiger partial charge in [0.1, 0.15) is 11.0 Å². The number of aromatic nitrogens is 2. The van der Waals surface area contributed by atoms with Crippen LogP contribution in [0.5, 0.6) is 0 Å². The van der Waals surface area contributed by atoms with Crippen LogP contribution < -0.4 is 10.2 Å². The molecule has 2 aromatic heterocycles. The summed E-state index contributed by atoms with van der Waals surface area (Å²) in [7, 11) is 0. The summed E-state index contributed by atoms with van der Waals surface area (Å²) in [4.78, 5) is 22.3. The zero-order valence-corrected chi connectivity index (χ0v) is 10.9. The number of hydrogen-bond donors (Lipinski definition) is 1. The fourth-order valence-electron chi connectivity index (χ4n) is 2.30. The number of thiazole rings is 1. The normalized spacial score (nSPS) is 19.5. The summed E-state index contributed by atoms with van der Waals surface area (Å²) in [5.41, 5.74) is 2.24. The molecule has 1 atom stereocenters. The Bertz CT molecular complexity index is 793. The summed E-state index contributed by atoms with van der Waals surface area (Å²) in [6, 6.07) is 3.84. The van der Waals surface area contributed by atoms with Crippen molar-refractivity contribution in [3.63, 3.8) is 0 Å². The van der Waals surface area contributed by atoms with Gasteiger partial charge < -0.3 is 9.73 Å². The number of amides is 2. The molecule has 1 N–H and O–H groups in total. The van der Waals surface area contributed by atoms with E-state index in [4.69, 9.17) is 4.42 Å². The molecular formula is C12H10N4O2S. The van der Waals surface area contributed by atoms with Crippen molar-refractivity contribution in [2.75, 3.05) is 11.4 Å². The molecule has 19 heavy (non-hydrogen) atoms. The van der Waals surface area contributed by atoms with Gasteiger partial charge in [-0.05, 0) is 19.1 Å². The molecule has 96 valence electrons. The van der Waals surface area contributed by atoms with Crippen molar-refractivity contribution in [1.82, 2.24) is 15.3 Å². The smallest absolute Gasteiger partial charge is 0.324 e. The first-order chi connectivity index (χ1) is 9.24. The van der Waals surface area contributed by atoms with Crippen LogP contribution in [0.15, 0.2) is 22.9 Å². The van der Waals surface area contributed by atoms with E-state index < -0.39 is 0 Å².